The van der Waals surface area contributed by atoms with E-state index in [0.717, 1.165) is 28.8 Å². The Morgan fingerprint density at radius 1 is 1.17 bits per heavy atom. The van der Waals surface area contributed by atoms with Gasteiger partial charge in [0.15, 0.2) is 0 Å². The Kier molecular flexibility index (Phi) is 6.43. The van der Waals surface area contributed by atoms with Gasteiger partial charge < -0.3 is 9.57 Å². The standard InChI is InChI=1S/C21H25N5O3/c1-5-12-29-22-16(3)17-9-7-10-18(13-17)28-14-19-15(2)8-6-11-20(19)26-21(27)25(4)23-24-26/h6-11,13H,5,12,14H2,1-4H3/b22-16+. The van der Waals surface area contributed by atoms with Crippen molar-refractivity contribution in [3.8, 4) is 11.4 Å². The van der Waals surface area contributed by atoms with E-state index in [0.29, 0.717) is 18.0 Å². The number of aryl methyl sites for hydroxylation is 2. The molecule has 0 aliphatic rings. The van der Waals surface area contributed by atoms with E-state index in [1.165, 1.54) is 9.36 Å². The summed E-state index contributed by atoms with van der Waals surface area (Å²) in [4.78, 5) is 17.5. The van der Waals surface area contributed by atoms with E-state index in [2.05, 4.69) is 15.6 Å². The van der Waals surface area contributed by atoms with E-state index in [-0.39, 0.29) is 12.3 Å². The molecule has 1 aromatic heterocycles. The molecule has 0 amide bonds. The zero-order chi connectivity index (χ0) is 20.8. The van der Waals surface area contributed by atoms with Crippen LogP contribution in [0.15, 0.2) is 52.4 Å². The van der Waals surface area contributed by atoms with E-state index in [1.807, 2.05) is 63.2 Å². The molecule has 2 aromatic carbocycles. The molecule has 0 bridgehead atoms. The first-order valence-electron chi connectivity index (χ1n) is 9.49. The molecule has 0 aliphatic heterocycles. The topological polar surface area (TPSA) is 83.5 Å². The number of aromatic nitrogens is 4. The average Bonchev–Trinajstić information content (AvgIpc) is 3.05. The second kappa shape index (κ2) is 9.18. The number of hydrogen-bond donors (Lipinski definition) is 0. The maximum Gasteiger partial charge on any atom is 0.368 e. The molecule has 0 aliphatic carbocycles. The Hall–Kier alpha value is -3.42. The minimum atomic E-state index is -0.308. The van der Waals surface area contributed by atoms with Gasteiger partial charge in [0.25, 0.3) is 0 Å². The van der Waals surface area contributed by atoms with Gasteiger partial charge in [-0.3, -0.25) is 0 Å². The highest BCUT2D eigenvalue weighted by Gasteiger charge is 2.13. The Labute approximate surface area is 169 Å². The summed E-state index contributed by atoms with van der Waals surface area (Å²) in [5.41, 5.74) is 3.93. The fraction of sp³-hybridized carbons (Fsp3) is 0.333. The van der Waals surface area contributed by atoms with Gasteiger partial charge in [0.05, 0.1) is 11.4 Å². The van der Waals surface area contributed by atoms with E-state index < -0.39 is 0 Å². The molecule has 0 atom stereocenters. The highest BCUT2D eigenvalue weighted by atomic mass is 16.6. The van der Waals surface area contributed by atoms with Crippen molar-refractivity contribution in [3.05, 3.63) is 69.6 Å². The monoisotopic (exact) mass is 395 g/mol. The van der Waals surface area contributed by atoms with Crippen molar-refractivity contribution in [3.63, 3.8) is 0 Å². The molecule has 8 nitrogen and oxygen atoms in total. The van der Waals surface area contributed by atoms with Crippen LogP contribution >= 0.6 is 0 Å². The molecule has 152 valence electrons. The molecule has 0 spiro atoms. The highest BCUT2D eigenvalue weighted by molar-refractivity contribution is 5.98. The van der Waals surface area contributed by atoms with Crippen molar-refractivity contribution in [2.24, 2.45) is 12.2 Å². The Morgan fingerprint density at radius 2 is 1.97 bits per heavy atom. The third kappa shape index (κ3) is 4.71. The predicted octanol–water partition coefficient (Wildman–Crippen LogP) is 3.00. The molecule has 29 heavy (non-hydrogen) atoms. The second-order valence-electron chi connectivity index (χ2n) is 6.70. The number of ether oxygens (including phenoxy) is 1. The van der Waals surface area contributed by atoms with Gasteiger partial charge in [0.2, 0.25) is 0 Å². The zero-order valence-corrected chi connectivity index (χ0v) is 17.1. The lowest BCUT2D eigenvalue weighted by Gasteiger charge is -2.13. The molecule has 0 fully saturated rings. The Morgan fingerprint density at radius 3 is 2.69 bits per heavy atom. The first-order chi connectivity index (χ1) is 14.0. The minimum Gasteiger partial charge on any atom is -0.489 e. The predicted molar refractivity (Wildman–Crippen MR) is 111 cm³/mol. The summed E-state index contributed by atoms with van der Waals surface area (Å²) in [6, 6.07) is 13.4. The fourth-order valence-corrected chi connectivity index (χ4v) is 2.79. The first-order valence-corrected chi connectivity index (χ1v) is 9.49. The average molecular weight is 395 g/mol. The Balaban J connectivity index is 1.82. The molecule has 8 heteroatoms. The summed E-state index contributed by atoms with van der Waals surface area (Å²) >= 11 is 0. The van der Waals surface area contributed by atoms with Crippen molar-refractivity contribution in [1.29, 1.82) is 0 Å². The lowest BCUT2D eigenvalue weighted by molar-refractivity contribution is 0.145. The van der Waals surface area contributed by atoms with Crippen LogP contribution in [0.25, 0.3) is 5.69 Å². The molecule has 1 heterocycles. The first kappa shape index (κ1) is 20.3. The van der Waals surface area contributed by atoms with Crippen molar-refractivity contribution < 1.29 is 9.57 Å². The highest BCUT2D eigenvalue weighted by Crippen LogP contribution is 2.21. The second-order valence-corrected chi connectivity index (χ2v) is 6.70. The molecule has 0 saturated carbocycles. The number of benzene rings is 2. The van der Waals surface area contributed by atoms with Crippen LogP contribution < -0.4 is 10.4 Å². The van der Waals surface area contributed by atoms with Gasteiger partial charge in [-0.1, -0.05) is 36.3 Å². The van der Waals surface area contributed by atoms with Gasteiger partial charge in [-0.2, -0.15) is 9.36 Å². The number of oxime groups is 1. The zero-order valence-electron chi connectivity index (χ0n) is 17.1. The van der Waals surface area contributed by atoms with Gasteiger partial charge in [0, 0.05) is 18.2 Å². The summed E-state index contributed by atoms with van der Waals surface area (Å²) in [6.07, 6.45) is 0.910. The van der Waals surface area contributed by atoms with Crippen LogP contribution in [0.1, 0.15) is 37.0 Å². The normalized spacial score (nSPS) is 11.5. The van der Waals surface area contributed by atoms with Gasteiger partial charge in [-0.25, -0.2) is 4.79 Å². The summed E-state index contributed by atoms with van der Waals surface area (Å²) in [7, 11) is 1.57. The van der Waals surface area contributed by atoms with Crippen LogP contribution in [-0.2, 0) is 18.5 Å². The van der Waals surface area contributed by atoms with Crippen LogP contribution in [0.2, 0.25) is 0 Å². The number of nitrogens with zero attached hydrogens (tertiary/aromatic N) is 5. The summed E-state index contributed by atoms with van der Waals surface area (Å²) in [5.74, 6) is 0.702. The van der Waals surface area contributed by atoms with Crippen LogP contribution in [0.5, 0.6) is 5.75 Å². The number of hydrogen-bond acceptors (Lipinski definition) is 6. The van der Waals surface area contributed by atoms with Crippen molar-refractivity contribution in [2.75, 3.05) is 6.61 Å². The molecule has 3 aromatic rings. The molecule has 0 saturated heterocycles. The van der Waals surface area contributed by atoms with Crippen molar-refractivity contribution in [1.82, 2.24) is 19.8 Å². The molecule has 0 N–H and O–H groups in total. The van der Waals surface area contributed by atoms with Crippen LogP contribution in [-0.4, -0.2) is 32.1 Å². The smallest absolute Gasteiger partial charge is 0.368 e. The van der Waals surface area contributed by atoms with Gasteiger partial charge in [0.1, 0.15) is 19.0 Å². The molecular formula is C21H25N5O3. The van der Waals surface area contributed by atoms with E-state index >= 15 is 0 Å². The minimum absolute atomic E-state index is 0.289. The molecule has 3 rings (SSSR count). The van der Waals surface area contributed by atoms with Crippen LogP contribution in [0.3, 0.4) is 0 Å². The summed E-state index contributed by atoms with van der Waals surface area (Å²) in [5, 5.41) is 11.9. The third-order valence-corrected chi connectivity index (χ3v) is 4.47. The van der Waals surface area contributed by atoms with E-state index in [9.17, 15) is 4.79 Å². The van der Waals surface area contributed by atoms with Gasteiger partial charge in [-0.05, 0) is 54.5 Å². The lowest BCUT2D eigenvalue weighted by atomic mass is 10.1. The van der Waals surface area contributed by atoms with Gasteiger partial charge >= 0.3 is 5.69 Å². The summed E-state index contributed by atoms with van der Waals surface area (Å²) < 4.78 is 8.51. The van der Waals surface area contributed by atoms with Crippen molar-refractivity contribution >= 4 is 5.71 Å². The molecular weight excluding hydrogens is 370 g/mol. The van der Waals surface area contributed by atoms with Crippen molar-refractivity contribution in [2.45, 2.75) is 33.8 Å². The fourth-order valence-electron chi connectivity index (χ4n) is 2.79. The van der Waals surface area contributed by atoms with Crippen LogP contribution in [0.4, 0.5) is 0 Å². The SMILES string of the molecule is CCCO/N=C(\C)c1cccc(OCc2c(C)cccc2-n2nnn(C)c2=O)c1. The lowest BCUT2D eigenvalue weighted by Crippen LogP contribution is -2.23. The van der Waals surface area contributed by atoms with Gasteiger partial charge in [-0.15, -0.1) is 0 Å². The summed E-state index contributed by atoms with van der Waals surface area (Å²) in [6.45, 7) is 6.78. The van der Waals surface area contributed by atoms with E-state index in [1.54, 1.807) is 7.05 Å². The number of tetrazole rings is 1. The number of rotatable bonds is 8. The maximum atomic E-state index is 12.3. The third-order valence-electron chi connectivity index (χ3n) is 4.47. The van der Waals surface area contributed by atoms with E-state index in [4.69, 9.17) is 9.57 Å². The largest absolute Gasteiger partial charge is 0.489 e. The molecule has 0 unspecified atom stereocenters. The maximum absolute atomic E-state index is 12.3. The molecule has 0 radical (unpaired) electrons. The quantitative estimate of drug-likeness (QED) is 0.333. The Bertz CT molecular complexity index is 1070. The van der Waals surface area contributed by atoms with Crippen LogP contribution in [0, 0.1) is 6.92 Å².